The number of halogens is 1. The monoisotopic (exact) mass is 537 g/mol. The number of alkyl halides is 1. The third kappa shape index (κ3) is 6.42. The van der Waals surface area contributed by atoms with E-state index in [1.54, 1.807) is 12.1 Å². The molecule has 0 saturated carbocycles. The van der Waals surface area contributed by atoms with Crippen LogP contribution in [0.2, 0.25) is 0 Å². The summed E-state index contributed by atoms with van der Waals surface area (Å²) in [5, 5.41) is 6.59. The maximum Gasteiger partial charge on any atom is 0.261 e. The molecule has 4 rings (SSSR count). The van der Waals surface area contributed by atoms with Gasteiger partial charge in [-0.25, -0.2) is 12.8 Å². The summed E-state index contributed by atoms with van der Waals surface area (Å²) in [6.07, 6.45) is 0.511. The molecule has 198 valence electrons. The number of sulfonamides is 1. The van der Waals surface area contributed by atoms with Crippen molar-refractivity contribution in [3.63, 3.8) is 0 Å². The molecule has 0 aliphatic rings. The zero-order chi connectivity index (χ0) is 27.3. The number of hydrogen-bond donors (Lipinski definition) is 3. The van der Waals surface area contributed by atoms with E-state index in [1.165, 1.54) is 50.2 Å². The molecule has 0 aliphatic heterocycles. The van der Waals surface area contributed by atoms with Crippen LogP contribution in [0.3, 0.4) is 0 Å². The molecule has 1 atom stereocenters. The fourth-order valence-electron chi connectivity index (χ4n) is 3.46. The number of hydrogen-bond acceptors (Lipinski definition) is 7. The van der Waals surface area contributed by atoms with E-state index in [0.29, 0.717) is 17.7 Å². The van der Waals surface area contributed by atoms with E-state index in [4.69, 9.17) is 10.3 Å². The maximum absolute atomic E-state index is 13.0. The lowest BCUT2D eigenvalue weighted by Gasteiger charge is -2.19. The van der Waals surface area contributed by atoms with Gasteiger partial charge in [-0.15, -0.1) is 0 Å². The number of carbonyl (C=O) groups excluding carboxylic acids is 1. The zero-order valence-electron chi connectivity index (χ0n) is 20.9. The van der Waals surface area contributed by atoms with E-state index in [9.17, 15) is 17.6 Å². The highest BCUT2D eigenvalue weighted by molar-refractivity contribution is 7.92. The van der Waals surface area contributed by atoms with Crippen molar-refractivity contribution < 1.29 is 22.1 Å². The van der Waals surface area contributed by atoms with Gasteiger partial charge in [0.1, 0.15) is 6.67 Å². The second-order valence-corrected chi connectivity index (χ2v) is 11.1. The maximum atomic E-state index is 13.0. The molecular formula is C27H28FN5O4S. The Morgan fingerprint density at radius 3 is 2.39 bits per heavy atom. The van der Waals surface area contributed by atoms with Gasteiger partial charge in [0.25, 0.3) is 10.0 Å². The van der Waals surface area contributed by atoms with Crippen molar-refractivity contribution in [2.24, 2.45) is 11.1 Å². The van der Waals surface area contributed by atoms with Gasteiger partial charge in [-0.05, 0) is 62.2 Å². The van der Waals surface area contributed by atoms with E-state index >= 15 is 0 Å². The molecule has 38 heavy (non-hydrogen) atoms. The van der Waals surface area contributed by atoms with Gasteiger partial charge in [-0.2, -0.15) is 4.98 Å². The highest BCUT2D eigenvalue weighted by Crippen LogP contribution is 2.25. The summed E-state index contributed by atoms with van der Waals surface area (Å²) < 4.78 is 46.9. The molecule has 0 aliphatic carbocycles. The predicted octanol–water partition coefficient (Wildman–Crippen LogP) is 4.71. The molecule has 9 nitrogen and oxygen atoms in total. The van der Waals surface area contributed by atoms with Gasteiger partial charge in [0, 0.05) is 16.9 Å². The number of amides is 1. The minimum atomic E-state index is -3.95. The van der Waals surface area contributed by atoms with Crippen molar-refractivity contribution in [1.82, 2.24) is 10.1 Å². The minimum absolute atomic E-state index is 0.00277. The molecule has 0 radical (unpaired) electrons. The van der Waals surface area contributed by atoms with Crippen LogP contribution in [0.5, 0.6) is 0 Å². The Kier molecular flexibility index (Phi) is 7.88. The van der Waals surface area contributed by atoms with Gasteiger partial charge in [-0.1, -0.05) is 47.6 Å². The van der Waals surface area contributed by atoms with Crippen LogP contribution in [0.15, 0.2) is 88.3 Å². The first-order valence-electron chi connectivity index (χ1n) is 11.8. The number of aromatic nitrogens is 2. The Morgan fingerprint density at radius 1 is 1.03 bits per heavy atom. The van der Waals surface area contributed by atoms with Crippen LogP contribution in [-0.2, 0) is 21.2 Å². The highest BCUT2D eigenvalue weighted by atomic mass is 32.2. The average Bonchev–Trinajstić information content (AvgIpc) is 3.41. The highest BCUT2D eigenvalue weighted by Gasteiger charge is 2.27. The molecule has 0 bridgehead atoms. The zero-order valence-corrected chi connectivity index (χ0v) is 21.7. The fourth-order valence-corrected chi connectivity index (χ4v) is 4.56. The first-order chi connectivity index (χ1) is 18.1. The van der Waals surface area contributed by atoms with Crippen molar-refractivity contribution in [3.8, 4) is 11.4 Å². The molecule has 0 fully saturated rings. The average molecular weight is 538 g/mol. The van der Waals surface area contributed by atoms with Gasteiger partial charge in [0.2, 0.25) is 17.6 Å². The molecule has 3 aromatic carbocycles. The topological polar surface area (TPSA) is 140 Å². The van der Waals surface area contributed by atoms with Crippen molar-refractivity contribution in [3.05, 3.63) is 90.3 Å². The van der Waals surface area contributed by atoms with Crippen LogP contribution >= 0.6 is 0 Å². The number of carbonyl (C=O) groups is 1. The van der Waals surface area contributed by atoms with Gasteiger partial charge in [0.05, 0.1) is 16.4 Å². The molecule has 1 aromatic heterocycles. The Hall–Kier alpha value is -4.09. The lowest BCUT2D eigenvalue weighted by molar-refractivity contribution is -0.124. The fraction of sp³-hybridized carbons (Fsp3) is 0.222. The first-order valence-corrected chi connectivity index (χ1v) is 13.3. The van der Waals surface area contributed by atoms with Gasteiger partial charge < -0.3 is 15.6 Å². The molecule has 11 heteroatoms. The number of nitrogens with one attached hydrogen (secondary N) is 2. The van der Waals surface area contributed by atoms with E-state index < -0.39 is 34.1 Å². The number of nitrogens with zero attached hydrogens (tertiary/aromatic N) is 2. The van der Waals surface area contributed by atoms with Crippen molar-refractivity contribution in [2.75, 3.05) is 16.7 Å². The van der Waals surface area contributed by atoms with Crippen molar-refractivity contribution >= 4 is 27.3 Å². The minimum Gasteiger partial charge on any atom is -0.337 e. The van der Waals surface area contributed by atoms with Crippen LogP contribution in [0, 0.1) is 5.41 Å². The van der Waals surface area contributed by atoms with Crippen molar-refractivity contribution in [2.45, 2.75) is 31.2 Å². The Balaban J connectivity index is 1.45. The molecule has 0 spiro atoms. The normalized spacial score (nSPS) is 12.6. The largest absolute Gasteiger partial charge is 0.337 e. The van der Waals surface area contributed by atoms with Crippen molar-refractivity contribution in [1.29, 1.82) is 0 Å². The van der Waals surface area contributed by atoms with E-state index in [1.807, 2.05) is 30.3 Å². The van der Waals surface area contributed by atoms with Gasteiger partial charge in [0.15, 0.2) is 0 Å². The third-order valence-corrected chi connectivity index (χ3v) is 7.18. The number of rotatable bonds is 10. The van der Waals surface area contributed by atoms with Crippen LogP contribution in [0.25, 0.3) is 11.4 Å². The SMILES string of the molecule is CC(C)(CF)C(=O)Nc1ccc(NS(=O)(=O)c2cccc(-c3noc([C@@H](N)Cc4ccccc4)n3)c2)cc1. The second kappa shape index (κ2) is 11.1. The molecule has 4 N–H and O–H groups in total. The lowest BCUT2D eigenvalue weighted by Crippen LogP contribution is -2.32. The standard InChI is InChI=1S/C27H28FN5O4S/c1-27(2,17-28)26(34)30-20-11-13-21(14-12-20)33-38(35,36)22-10-6-9-19(16-22)24-31-25(37-32-24)23(29)15-18-7-4-3-5-8-18/h3-14,16,23,33H,15,17,29H2,1-2H3,(H,30,34)/t23-/m0/s1. The van der Waals surface area contributed by atoms with Crippen LogP contribution in [0.4, 0.5) is 15.8 Å². The number of nitrogens with two attached hydrogens (primary N) is 1. The summed E-state index contributed by atoms with van der Waals surface area (Å²) >= 11 is 0. The Bertz CT molecular complexity index is 1510. The summed E-state index contributed by atoms with van der Waals surface area (Å²) in [5.74, 6) is -0.00929. The van der Waals surface area contributed by atoms with Crippen LogP contribution < -0.4 is 15.8 Å². The van der Waals surface area contributed by atoms with E-state index in [0.717, 1.165) is 5.56 Å². The molecule has 1 heterocycles. The number of benzene rings is 3. The Morgan fingerprint density at radius 2 is 1.71 bits per heavy atom. The molecule has 0 unspecified atom stereocenters. The summed E-state index contributed by atoms with van der Waals surface area (Å²) in [6.45, 7) is 2.18. The van der Waals surface area contributed by atoms with E-state index in [2.05, 4.69) is 20.2 Å². The van der Waals surface area contributed by atoms with E-state index in [-0.39, 0.29) is 22.3 Å². The number of anilines is 2. The lowest BCUT2D eigenvalue weighted by atomic mass is 9.94. The van der Waals surface area contributed by atoms with Crippen LogP contribution in [-0.4, -0.2) is 31.1 Å². The second-order valence-electron chi connectivity index (χ2n) is 9.43. The van der Waals surface area contributed by atoms with Gasteiger partial charge in [-0.3, -0.25) is 9.52 Å². The van der Waals surface area contributed by atoms with Gasteiger partial charge >= 0.3 is 0 Å². The molecule has 1 amide bonds. The summed E-state index contributed by atoms with van der Waals surface area (Å²) in [5.41, 5.74) is 7.23. The summed E-state index contributed by atoms with van der Waals surface area (Å²) in [4.78, 5) is 16.5. The summed E-state index contributed by atoms with van der Waals surface area (Å²) in [6, 6.07) is 21.3. The van der Waals surface area contributed by atoms with Crippen LogP contribution in [0.1, 0.15) is 31.3 Å². The smallest absolute Gasteiger partial charge is 0.261 e. The molecule has 4 aromatic rings. The third-order valence-electron chi connectivity index (χ3n) is 5.80. The quantitative estimate of drug-likeness (QED) is 0.266. The Labute approximate surface area is 220 Å². The molecule has 0 saturated heterocycles. The predicted molar refractivity (Wildman–Crippen MR) is 142 cm³/mol. The summed E-state index contributed by atoms with van der Waals surface area (Å²) in [7, 11) is -3.95. The first kappa shape index (κ1) is 27.0. The molecular weight excluding hydrogens is 509 g/mol.